The Labute approximate surface area is 128 Å². The Morgan fingerprint density at radius 2 is 1.95 bits per heavy atom. The van der Waals surface area contributed by atoms with Gasteiger partial charge in [0.15, 0.2) is 6.61 Å². The summed E-state index contributed by atoms with van der Waals surface area (Å²) in [5.74, 6) is 0.306. The summed E-state index contributed by atoms with van der Waals surface area (Å²) < 4.78 is 5.35. The number of aliphatic hydroxyl groups excluding tert-OH is 1. The highest BCUT2D eigenvalue weighted by Gasteiger charge is 2.04. The zero-order valence-corrected chi connectivity index (χ0v) is 12.1. The molecule has 0 spiro atoms. The Bertz CT molecular complexity index is 599. The minimum atomic E-state index is -0.245. The first kappa shape index (κ1) is 15.4. The molecule has 110 valence electrons. The summed E-state index contributed by atoms with van der Waals surface area (Å²) in [5.41, 5.74) is 1.71. The van der Waals surface area contributed by atoms with Crippen LogP contribution in [-0.2, 0) is 11.2 Å². The summed E-state index contributed by atoms with van der Waals surface area (Å²) in [6.45, 7) is 0.0257. The summed E-state index contributed by atoms with van der Waals surface area (Å²) in [5, 5.41) is 12.1. The Kier molecular flexibility index (Phi) is 5.60. The average Bonchev–Trinajstić information content (AvgIpc) is 2.48. The topological polar surface area (TPSA) is 58.6 Å². The number of halogens is 1. The molecule has 21 heavy (non-hydrogen) atoms. The van der Waals surface area contributed by atoms with Crippen LogP contribution in [0.1, 0.15) is 5.56 Å². The summed E-state index contributed by atoms with van der Waals surface area (Å²) in [7, 11) is 0. The molecule has 2 N–H and O–H groups in total. The average molecular weight is 306 g/mol. The molecule has 4 nitrogen and oxygen atoms in total. The van der Waals surface area contributed by atoms with Crippen LogP contribution in [0.2, 0.25) is 5.02 Å². The van der Waals surface area contributed by atoms with E-state index in [4.69, 9.17) is 21.4 Å². The van der Waals surface area contributed by atoms with E-state index < -0.39 is 0 Å². The Balaban J connectivity index is 1.84. The monoisotopic (exact) mass is 305 g/mol. The maximum Gasteiger partial charge on any atom is 0.262 e. The number of aliphatic hydroxyl groups is 1. The fourth-order valence-electron chi connectivity index (χ4n) is 1.79. The van der Waals surface area contributed by atoms with E-state index in [0.717, 1.165) is 5.56 Å². The van der Waals surface area contributed by atoms with Gasteiger partial charge in [0, 0.05) is 17.3 Å². The molecule has 0 radical (unpaired) electrons. The first-order chi connectivity index (χ1) is 10.2. The van der Waals surface area contributed by atoms with Crippen LogP contribution in [0.25, 0.3) is 0 Å². The van der Waals surface area contributed by atoms with Crippen molar-refractivity contribution in [2.45, 2.75) is 6.42 Å². The first-order valence-electron chi connectivity index (χ1n) is 6.55. The molecule has 0 unspecified atom stereocenters. The number of carbonyl (C=O) groups excluding carboxylic acids is 1. The zero-order chi connectivity index (χ0) is 15.1. The summed E-state index contributed by atoms with van der Waals surface area (Å²) in [6.07, 6.45) is 0.603. The minimum Gasteiger partial charge on any atom is -0.484 e. The van der Waals surface area contributed by atoms with Crippen molar-refractivity contribution < 1.29 is 14.6 Å². The highest BCUT2D eigenvalue weighted by molar-refractivity contribution is 6.30. The van der Waals surface area contributed by atoms with Crippen molar-refractivity contribution in [3.8, 4) is 5.75 Å². The molecule has 0 aliphatic carbocycles. The number of benzene rings is 2. The number of rotatable bonds is 6. The van der Waals surface area contributed by atoms with Gasteiger partial charge in [0.2, 0.25) is 0 Å². The van der Waals surface area contributed by atoms with Gasteiger partial charge in [0.1, 0.15) is 5.75 Å². The van der Waals surface area contributed by atoms with Gasteiger partial charge in [-0.3, -0.25) is 4.79 Å². The molecule has 0 saturated carbocycles. The highest BCUT2D eigenvalue weighted by atomic mass is 35.5. The van der Waals surface area contributed by atoms with Crippen molar-refractivity contribution in [2.24, 2.45) is 0 Å². The molecule has 1 amide bonds. The van der Waals surface area contributed by atoms with E-state index in [0.29, 0.717) is 22.9 Å². The van der Waals surface area contributed by atoms with Crippen molar-refractivity contribution in [2.75, 3.05) is 18.5 Å². The molecule has 0 saturated heterocycles. The summed E-state index contributed by atoms with van der Waals surface area (Å²) in [4.78, 5) is 11.8. The SMILES string of the molecule is O=C(COc1cccc(Cl)c1)Nc1ccc(CCO)cc1. The van der Waals surface area contributed by atoms with Crippen molar-refractivity contribution in [3.05, 3.63) is 59.1 Å². The number of ether oxygens (including phenoxy) is 1. The lowest BCUT2D eigenvalue weighted by Gasteiger charge is -2.08. The van der Waals surface area contributed by atoms with Crippen LogP contribution >= 0.6 is 11.6 Å². The lowest BCUT2D eigenvalue weighted by atomic mass is 10.1. The Hall–Kier alpha value is -2.04. The first-order valence-corrected chi connectivity index (χ1v) is 6.93. The number of nitrogens with one attached hydrogen (secondary N) is 1. The Morgan fingerprint density at radius 1 is 1.19 bits per heavy atom. The lowest BCUT2D eigenvalue weighted by molar-refractivity contribution is -0.118. The van der Waals surface area contributed by atoms with Gasteiger partial charge in [-0.15, -0.1) is 0 Å². The number of carbonyl (C=O) groups is 1. The van der Waals surface area contributed by atoms with Gasteiger partial charge in [0.05, 0.1) is 0 Å². The van der Waals surface area contributed by atoms with E-state index in [-0.39, 0.29) is 19.1 Å². The van der Waals surface area contributed by atoms with E-state index in [1.807, 2.05) is 12.1 Å². The standard InChI is InChI=1S/C16H16ClNO3/c17-13-2-1-3-15(10-13)21-11-16(20)18-14-6-4-12(5-7-14)8-9-19/h1-7,10,19H,8-9,11H2,(H,18,20). The van der Waals surface area contributed by atoms with Crippen LogP contribution in [0.5, 0.6) is 5.75 Å². The molecule has 0 atom stereocenters. The molecule has 0 bridgehead atoms. The third-order valence-electron chi connectivity index (χ3n) is 2.80. The number of amides is 1. The molecule has 2 rings (SSSR count). The number of hydrogen-bond donors (Lipinski definition) is 2. The third-order valence-corrected chi connectivity index (χ3v) is 3.04. The second-order valence-corrected chi connectivity index (χ2v) is 4.90. The van der Waals surface area contributed by atoms with Crippen LogP contribution in [-0.4, -0.2) is 24.2 Å². The van der Waals surface area contributed by atoms with Crippen LogP contribution in [0, 0.1) is 0 Å². The van der Waals surface area contributed by atoms with Gasteiger partial charge >= 0.3 is 0 Å². The lowest BCUT2D eigenvalue weighted by Crippen LogP contribution is -2.20. The summed E-state index contributed by atoms with van der Waals surface area (Å²) >= 11 is 5.83. The Morgan fingerprint density at radius 3 is 2.62 bits per heavy atom. The van der Waals surface area contributed by atoms with Crippen molar-refractivity contribution in [1.82, 2.24) is 0 Å². The van der Waals surface area contributed by atoms with E-state index in [2.05, 4.69) is 5.32 Å². The van der Waals surface area contributed by atoms with Gasteiger partial charge in [0.25, 0.3) is 5.91 Å². The van der Waals surface area contributed by atoms with Crippen LogP contribution < -0.4 is 10.1 Å². The van der Waals surface area contributed by atoms with E-state index in [1.54, 1.807) is 36.4 Å². The van der Waals surface area contributed by atoms with E-state index >= 15 is 0 Å². The van der Waals surface area contributed by atoms with Gasteiger partial charge in [-0.25, -0.2) is 0 Å². The second-order valence-electron chi connectivity index (χ2n) is 4.46. The number of hydrogen-bond acceptors (Lipinski definition) is 3. The summed E-state index contributed by atoms with van der Waals surface area (Å²) in [6, 6.07) is 14.2. The predicted octanol–water partition coefficient (Wildman–Crippen LogP) is 2.89. The molecule has 0 aromatic heterocycles. The molecule has 0 aliphatic rings. The third kappa shape index (κ3) is 5.10. The molecule has 2 aromatic rings. The normalized spacial score (nSPS) is 10.2. The van der Waals surface area contributed by atoms with Gasteiger partial charge in [-0.05, 0) is 42.3 Å². The van der Waals surface area contributed by atoms with Crippen LogP contribution in [0.4, 0.5) is 5.69 Å². The quantitative estimate of drug-likeness (QED) is 0.863. The molecule has 0 aliphatic heterocycles. The molecule has 0 fully saturated rings. The molecular weight excluding hydrogens is 290 g/mol. The molecule has 5 heteroatoms. The fraction of sp³-hybridized carbons (Fsp3) is 0.188. The highest BCUT2D eigenvalue weighted by Crippen LogP contribution is 2.17. The molecule has 0 heterocycles. The van der Waals surface area contributed by atoms with Crippen molar-refractivity contribution in [1.29, 1.82) is 0 Å². The van der Waals surface area contributed by atoms with Gasteiger partial charge in [-0.1, -0.05) is 29.8 Å². The van der Waals surface area contributed by atoms with Gasteiger partial charge < -0.3 is 15.2 Å². The number of anilines is 1. The van der Waals surface area contributed by atoms with Crippen molar-refractivity contribution >= 4 is 23.2 Å². The van der Waals surface area contributed by atoms with Crippen LogP contribution in [0.15, 0.2) is 48.5 Å². The van der Waals surface area contributed by atoms with E-state index in [9.17, 15) is 4.79 Å². The second kappa shape index (κ2) is 7.67. The zero-order valence-electron chi connectivity index (χ0n) is 11.4. The maximum atomic E-state index is 11.8. The maximum absolute atomic E-state index is 11.8. The van der Waals surface area contributed by atoms with Gasteiger partial charge in [-0.2, -0.15) is 0 Å². The van der Waals surface area contributed by atoms with Crippen LogP contribution in [0.3, 0.4) is 0 Å². The van der Waals surface area contributed by atoms with E-state index in [1.165, 1.54) is 0 Å². The predicted molar refractivity (Wildman–Crippen MR) is 82.8 cm³/mol. The minimum absolute atomic E-state index is 0.0846. The largest absolute Gasteiger partial charge is 0.484 e. The molecular formula is C16H16ClNO3. The fourth-order valence-corrected chi connectivity index (χ4v) is 1.97. The smallest absolute Gasteiger partial charge is 0.262 e. The van der Waals surface area contributed by atoms with Crippen molar-refractivity contribution in [3.63, 3.8) is 0 Å². The molecule has 2 aromatic carbocycles.